The van der Waals surface area contributed by atoms with E-state index in [-0.39, 0.29) is 5.56 Å². The molecule has 110 valence electrons. The molecule has 0 saturated heterocycles. The lowest BCUT2D eigenvalue weighted by Crippen LogP contribution is -2.13. The summed E-state index contributed by atoms with van der Waals surface area (Å²) in [4.78, 5) is 12.1. The van der Waals surface area contributed by atoms with Crippen molar-refractivity contribution in [1.29, 1.82) is 0 Å². The van der Waals surface area contributed by atoms with Crippen molar-refractivity contribution in [3.63, 3.8) is 0 Å². The van der Waals surface area contributed by atoms with Crippen LogP contribution >= 0.6 is 0 Å². The molecule has 3 heteroatoms. The molecule has 2 aromatic rings. The molecule has 21 heavy (non-hydrogen) atoms. The van der Waals surface area contributed by atoms with E-state index in [4.69, 9.17) is 0 Å². The molecule has 0 aliphatic carbocycles. The molecule has 1 N–H and O–H groups in total. The van der Waals surface area contributed by atoms with Crippen LogP contribution in [-0.2, 0) is 6.42 Å². The zero-order chi connectivity index (χ0) is 15.2. The van der Waals surface area contributed by atoms with E-state index < -0.39 is 11.7 Å². The highest BCUT2D eigenvalue weighted by Gasteiger charge is 2.11. The Balaban J connectivity index is 2.05. The maximum absolute atomic E-state index is 13.7. The predicted octanol–water partition coefficient (Wildman–Crippen LogP) is 4.73. The summed E-state index contributed by atoms with van der Waals surface area (Å²) >= 11 is 0. The highest BCUT2D eigenvalue weighted by Crippen LogP contribution is 2.15. The van der Waals surface area contributed by atoms with E-state index in [2.05, 4.69) is 12.2 Å². The molecule has 0 aliphatic heterocycles. The van der Waals surface area contributed by atoms with Crippen LogP contribution in [0, 0.1) is 12.7 Å². The molecule has 2 aromatic carbocycles. The summed E-state index contributed by atoms with van der Waals surface area (Å²) in [6.45, 7) is 3.95. The summed E-state index contributed by atoms with van der Waals surface area (Å²) in [5.74, 6) is -0.916. The fourth-order valence-electron chi connectivity index (χ4n) is 2.14. The number of aryl methyl sites for hydroxylation is 2. The number of unbranched alkanes of at least 4 members (excludes halogenated alkanes) is 1. The summed E-state index contributed by atoms with van der Waals surface area (Å²) in [6, 6.07) is 12.3. The Hall–Kier alpha value is -2.16. The third kappa shape index (κ3) is 4.15. The van der Waals surface area contributed by atoms with Crippen LogP contribution in [-0.4, -0.2) is 5.91 Å². The van der Waals surface area contributed by atoms with E-state index in [9.17, 15) is 9.18 Å². The van der Waals surface area contributed by atoms with Gasteiger partial charge in [0.25, 0.3) is 5.91 Å². The van der Waals surface area contributed by atoms with Gasteiger partial charge in [0.05, 0.1) is 5.56 Å². The molecule has 0 bridgehead atoms. The minimum Gasteiger partial charge on any atom is -0.322 e. The molecule has 0 radical (unpaired) electrons. The number of rotatable bonds is 5. The lowest BCUT2D eigenvalue weighted by atomic mass is 10.1. The molecule has 0 atom stereocenters. The summed E-state index contributed by atoms with van der Waals surface area (Å²) < 4.78 is 13.7. The number of hydrogen-bond donors (Lipinski definition) is 1. The molecule has 2 rings (SSSR count). The van der Waals surface area contributed by atoms with E-state index in [0.717, 1.165) is 24.8 Å². The van der Waals surface area contributed by atoms with Crippen LogP contribution in [0.1, 0.15) is 41.3 Å². The van der Waals surface area contributed by atoms with Gasteiger partial charge in [0.1, 0.15) is 5.82 Å². The van der Waals surface area contributed by atoms with Crippen molar-refractivity contribution >= 4 is 11.6 Å². The molecule has 0 heterocycles. The SMILES string of the molecule is CCCCc1ccc(NC(=O)c2ccc(C)cc2F)cc1. The van der Waals surface area contributed by atoms with Gasteiger partial charge in [-0.05, 0) is 55.2 Å². The van der Waals surface area contributed by atoms with Crippen LogP contribution in [0.25, 0.3) is 0 Å². The van der Waals surface area contributed by atoms with Crippen molar-refractivity contribution < 1.29 is 9.18 Å². The number of carbonyl (C=O) groups excluding carboxylic acids is 1. The molecular formula is C18H20FNO. The van der Waals surface area contributed by atoms with Crippen molar-refractivity contribution in [1.82, 2.24) is 0 Å². The van der Waals surface area contributed by atoms with Crippen LogP contribution in [0.3, 0.4) is 0 Å². The second kappa shape index (κ2) is 7.02. The van der Waals surface area contributed by atoms with Gasteiger partial charge in [-0.3, -0.25) is 4.79 Å². The molecule has 0 spiro atoms. The Bertz CT molecular complexity index is 620. The second-order valence-electron chi connectivity index (χ2n) is 5.24. The van der Waals surface area contributed by atoms with Crippen LogP contribution < -0.4 is 5.32 Å². The Labute approximate surface area is 125 Å². The lowest BCUT2D eigenvalue weighted by molar-refractivity contribution is 0.102. The first-order valence-electron chi connectivity index (χ1n) is 7.26. The Morgan fingerprint density at radius 2 is 1.86 bits per heavy atom. The maximum Gasteiger partial charge on any atom is 0.258 e. The van der Waals surface area contributed by atoms with Crippen molar-refractivity contribution in [3.8, 4) is 0 Å². The second-order valence-corrected chi connectivity index (χ2v) is 5.24. The van der Waals surface area contributed by atoms with Gasteiger partial charge in [-0.1, -0.05) is 31.5 Å². The van der Waals surface area contributed by atoms with Gasteiger partial charge in [-0.25, -0.2) is 4.39 Å². The zero-order valence-corrected chi connectivity index (χ0v) is 12.4. The van der Waals surface area contributed by atoms with Crippen LogP contribution in [0.4, 0.5) is 10.1 Å². The number of halogens is 1. The summed E-state index contributed by atoms with van der Waals surface area (Å²) in [7, 11) is 0. The van der Waals surface area contributed by atoms with Gasteiger partial charge in [-0.15, -0.1) is 0 Å². The smallest absolute Gasteiger partial charge is 0.258 e. The summed E-state index contributed by atoms with van der Waals surface area (Å²) in [5, 5.41) is 2.72. The first-order valence-corrected chi connectivity index (χ1v) is 7.26. The molecule has 2 nitrogen and oxygen atoms in total. The van der Waals surface area contributed by atoms with Crippen LogP contribution in [0.5, 0.6) is 0 Å². The zero-order valence-electron chi connectivity index (χ0n) is 12.4. The highest BCUT2D eigenvalue weighted by atomic mass is 19.1. The molecule has 0 aromatic heterocycles. The van der Waals surface area contributed by atoms with Crippen molar-refractivity contribution in [3.05, 3.63) is 65.0 Å². The van der Waals surface area contributed by atoms with Crippen LogP contribution in [0.2, 0.25) is 0 Å². The van der Waals surface area contributed by atoms with E-state index >= 15 is 0 Å². The molecule has 0 unspecified atom stereocenters. The quantitative estimate of drug-likeness (QED) is 0.845. The average molecular weight is 285 g/mol. The number of amides is 1. The monoisotopic (exact) mass is 285 g/mol. The number of carbonyl (C=O) groups is 1. The van der Waals surface area contributed by atoms with E-state index in [1.54, 1.807) is 13.0 Å². The third-order valence-corrected chi connectivity index (χ3v) is 3.40. The van der Waals surface area contributed by atoms with Crippen LogP contribution in [0.15, 0.2) is 42.5 Å². The number of hydrogen-bond acceptors (Lipinski definition) is 1. The summed E-state index contributed by atoms with van der Waals surface area (Å²) in [6.07, 6.45) is 3.35. The minimum atomic E-state index is -0.493. The molecule has 0 fully saturated rings. The van der Waals surface area contributed by atoms with Gasteiger partial charge in [0.2, 0.25) is 0 Å². The molecule has 0 aliphatic rings. The Kier molecular flexibility index (Phi) is 5.09. The standard InChI is InChI=1S/C18H20FNO/c1-3-4-5-14-7-9-15(10-8-14)20-18(21)16-11-6-13(2)12-17(16)19/h6-12H,3-5H2,1-2H3,(H,20,21). The normalized spacial score (nSPS) is 10.4. The fraction of sp³-hybridized carbons (Fsp3) is 0.278. The topological polar surface area (TPSA) is 29.1 Å². The van der Waals surface area contributed by atoms with Gasteiger partial charge >= 0.3 is 0 Å². The maximum atomic E-state index is 13.7. The van der Waals surface area contributed by atoms with E-state index in [1.165, 1.54) is 17.7 Å². The van der Waals surface area contributed by atoms with Gasteiger partial charge < -0.3 is 5.32 Å². The Morgan fingerprint density at radius 1 is 1.14 bits per heavy atom. The Morgan fingerprint density at radius 3 is 2.48 bits per heavy atom. The lowest BCUT2D eigenvalue weighted by Gasteiger charge is -2.08. The minimum absolute atomic E-state index is 0.0654. The van der Waals surface area contributed by atoms with Gasteiger partial charge in [-0.2, -0.15) is 0 Å². The third-order valence-electron chi connectivity index (χ3n) is 3.40. The van der Waals surface area contributed by atoms with E-state index in [1.807, 2.05) is 24.3 Å². The number of benzene rings is 2. The average Bonchev–Trinajstić information content (AvgIpc) is 2.46. The molecule has 0 saturated carbocycles. The fourth-order valence-corrected chi connectivity index (χ4v) is 2.14. The first-order chi connectivity index (χ1) is 10.1. The largest absolute Gasteiger partial charge is 0.322 e. The highest BCUT2D eigenvalue weighted by molar-refractivity contribution is 6.04. The van der Waals surface area contributed by atoms with Crippen molar-refractivity contribution in [2.24, 2.45) is 0 Å². The predicted molar refractivity (Wildman–Crippen MR) is 84.1 cm³/mol. The van der Waals surface area contributed by atoms with Crippen molar-refractivity contribution in [2.45, 2.75) is 33.1 Å². The number of anilines is 1. The molecule has 1 amide bonds. The van der Waals surface area contributed by atoms with Gasteiger partial charge in [0.15, 0.2) is 0 Å². The van der Waals surface area contributed by atoms with E-state index in [0.29, 0.717) is 5.69 Å². The van der Waals surface area contributed by atoms with Gasteiger partial charge in [0, 0.05) is 5.69 Å². The first kappa shape index (κ1) is 15.2. The summed E-state index contributed by atoms with van der Waals surface area (Å²) in [5.41, 5.74) is 2.79. The number of nitrogens with one attached hydrogen (secondary N) is 1. The van der Waals surface area contributed by atoms with Crippen molar-refractivity contribution in [2.75, 3.05) is 5.32 Å². The molecular weight excluding hydrogens is 265 g/mol.